The van der Waals surface area contributed by atoms with Crippen LogP contribution in [0, 0.1) is 13.8 Å². The highest BCUT2D eigenvalue weighted by molar-refractivity contribution is 6.33. The van der Waals surface area contributed by atoms with Crippen molar-refractivity contribution in [1.82, 2.24) is 4.98 Å². The molecule has 2 aromatic rings. The Bertz CT molecular complexity index is 645. The number of carbonyl (C=O) groups is 1. The molecule has 0 bridgehead atoms. The van der Waals surface area contributed by atoms with E-state index in [1.165, 1.54) is 12.1 Å². The van der Waals surface area contributed by atoms with E-state index in [0.29, 0.717) is 12.1 Å². The molecule has 5 heteroatoms. The number of halogens is 2. The number of rotatable bonds is 3. The van der Waals surface area contributed by atoms with Crippen molar-refractivity contribution in [3.8, 4) is 0 Å². The lowest BCUT2D eigenvalue weighted by Crippen LogP contribution is -2.30. The van der Waals surface area contributed by atoms with Crippen LogP contribution in [-0.2, 0) is 0 Å². The molecule has 0 saturated heterocycles. The third-order valence-electron chi connectivity index (χ3n) is 3.09. The summed E-state index contributed by atoms with van der Waals surface area (Å²) in [4.78, 5) is 18.2. The molecular weight excluding hydrogens is 307 g/mol. The van der Waals surface area contributed by atoms with Crippen molar-refractivity contribution < 1.29 is 4.79 Å². The van der Waals surface area contributed by atoms with Crippen LogP contribution in [0.5, 0.6) is 0 Å². The van der Waals surface area contributed by atoms with Crippen molar-refractivity contribution in [3.63, 3.8) is 0 Å². The fourth-order valence-electron chi connectivity index (χ4n) is 2.29. The normalized spacial score (nSPS) is 10.5. The average molecular weight is 323 g/mol. The van der Waals surface area contributed by atoms with Gasteiger partial charge in [-0.05, 0) is 56.2 Å². The van der Waals surface area contributed by atoms with Gasteiger partial charge in [0, 0.05) is 17.8 Å². The van der Waals surface area contributed by atoms with Crippen LogP contribution in [0.15, 0.2) is 30.3 Å². The molecule has 0 spiro atoms. The fraction of sp³-hybridized carbons (Fsp3) is 0.250. The molecule has 1 aromatic carbocycles. The van der Waals surface area contributed by atoms with Crippen LogP contribution in [0.1, 0.15) is 28.4 Å². The summed E-state index contributed by atoms with van der Waals surface area (Å²) in [5.41, 5.74) is 3.52. The molecule has 0 fully saturated rings. The summed E-state index contributed by atoms with van der Waals surface area (Å²) in [6.45, 7) is 6.50. The zero-order chi connectivity index (χ0) is 15.6. The smallest absolute Gasteiger partial charge is 0.258 e. The molecule has 0 N–H and O–H groups in total. The van der Waals surface area contributed by atoms with E-state index in [2.05, 4.69) is 11.1 Å². The number of hydrogen-bond donors (Lipinski definition) is 0. The van der Waals surface area contributed by atoms with Gasteiger partial charge in [-0.15, -0.1) is 0 Å². The monoisotopic (exact) mass is 322 g/mol. The number of aromatic nitrogens is 1. The van der Waals surface area contributed by atoms with Gasteiger partial charge in [-0.25, -0.2) is 4.98 Å². The number of carbonyl (C=O) groups excluding carboxylic acids is 1. The minimum Gasteiger partial charge on any atom is -0.309 e. The summed E-state index contributed by atoms with van der Waals surface area (Å²) < 4.78 is 0. The summed E-state index contributed by atoms with van der Waals surface area (Å²) in [6, 6.07) is 9.10. The molecule has 0 unspecified atom stereocenters. The Morgan fingerprint density at radius 2 is 1.57 bits per heavy atom. The van der Waals surface area contributed by atoms with Crippen molar-refractivity contribution >= 4 is 34.8 Å². The standard InChI is InChI=1S/C16H16Cl2N2O/c1-4-20(13-6-10(2)5-11(3)7-13)16(21)12-8-14(17)19-15(18)9-12/h5-9H,4H2,1-3H3. The largest absolute Gasteiger partial charge is 0.309 e. The summed E-state index contributed by atoms with van der Waals surface area (Å²) in [5, 5.41) is 0.421. The summed E-state index contributed by atoms with van der Waals surface area (Å²) in [5.74, 6) is -0.145. The Kier molecular flexibility index (Phi) is 4.86. The first-order valence-corrected chi connectivity index (χ1v) is 7.39. The van der Waals surface area contributed by atoms with Crippen LogP contribution >= 0.6 is 23.2 Å². The van der Waals surface area contributed by atoms with Crippen molar-refractivity contribution in [1.29, 1.82) is 0 Å². The second-order valence-electron chi connectivity index (χ2n) is 4.90. The van der Waals surface area contributed by atoms with Gasteiger partial charge in [0.25, 0.3) is 5.91 Å². The van der Waals surface area contributed by atoms with Gasteiger partial charge >= 0.3 is 0 Å². The van der Waals surface area contributed by atoms with Crippen LogP contribution in [0.25, 0.3) is 0 Å². The van der Waals surface area contributed by atoms with Gasteiger partial charge in [0.05, 0.1) is 0 Å². The average Bonchev–Trinajstić information content (AvgIpc) is 2.37. The number of hydrogen-bond acceptors (Lipinski definition) is 2. The van der Waals surface area contributed by atoms with Gasteiger partial charge in [-0.3, -0.25) is 4.79 Å². The van der Waals surface area contributed by atoms with Gasteiger partial charge in [0.1, 0.15) is 10.3 Å². The Hall–Kier alpha value is -1.58. The molecule has 110 valence electrons. The Balaban J connectivity index is 2.42. The molecular formula is C16H16Cl2N2O. The lowest BCUT2D eigenvalue weighted by Gasteiger charge is -2.22. The Morgan fingerprint density at radius 1 is 1.05 bits per heavy atom. The molecule has 21 heavy (non-hydrogen) atoms. The lowest BCUT2D eigenvalue weighted by atomic mass is 10.1. The molecule has 3 nitrogen and oxygen atoms in total. The summed E-state index contributed by atoms with van der Waals surface area (Å²) in [7, 11) is 0. The molecule has 1 heterocycles. The maximum absolute atomic E-state index is 12.7. The highest BCUT2D eigenvalue weighted by Crippen LogP contribution is 2.22. The number of nitrogens with zero attached hydrogens (tertiary/aromatic N) is 2. The first-order chi connectivity index (χ1) is 9.90. The first kappa shape index (κ1) is 15.8. The van der Waals surface area contributed by atoms with Gasteiger partial charge < -0.3 is 4.90 Å². The zero-order valence-corrected chi connectivity index (χ0v) is 13.7. The molecule has 0 atom stereocenters. The predicted molar refractivity (Wildman–Crippen MR) is 87.5 cm³/mol. The van der Waals surface area contributed by atoms with E-state index in [-0.39, 0.29) is 16.2 Å². The first-order valence-electron chi connectivity index (χ1n) is 6.64. The quantitative estimate of drug-likeness (QED) is 0.769. The number of aryl methyl sites for hydroxylation is 2. The minimum absolute atomic E-state index is 0.145. The van der Waals surface area contributed by atoms with Crippen LogP contribution in [0.4, 0.5) is 5.69 Å². The van der Waals surface area contributed by atoms with Gasteiger partial charge in [0.2, 0.25) is 0 Å². The van der Waals surface area contributed by atoms with E-state index < -0.39 is 0 Å². The minimum atomic E-state index is -0.145. The molecule has 0 aliphatic rings. The van der Waals surface area contributed by atoms with Crippen LogP contribution in [-0.4, -0.2) is 17.4 Å². The highest BCUT2D eigenvalue weighted by Gasteiger charge is 2.18. The van der Waals surface area contributed by atoms with Crippen LogP contribution in [0.2, 0.25) is 10.3 Å². The van der Waals surface area contributed by atoms with Crippen molar-refractivity contribution in [2.75, 3.05) is 11.4 Å². The maximum atomic E-state index is 12.7. The second-order valence-corrected chi connectivity index (χ2v) is 5.67. The number of pyridine rings is 1. The van der Waals surface area contributed by atoms with E-state index in [0.717, 1.165) is 16.8 Å². The van der Waals surface area contributed by atoms with Gasteiger partial charge in [-0.1, -0.05) is 29.3 Å². The van der Waals surface area contributed by atoms with Crippen LogP contribution < -0.4 is 4.90 Å². The molecule has 1 aromatic heterocycles. The van der Waals surface area contributed by atoms with E-state index in [1.807, 2.05) is 32.9 Å². The SMILES string of the molecule is CCN(C(=O)c1cc(Cl)nc(Cl)c1)c1cc(C)cc(C)c1. The van der Waals surface area contributed by atoms with Crippen LogP contribution in [0.3, 0.4) is 0 Å². The third-order valence-corrected chi connectivity index (χ3v) is 3.48. The van der Waals surface area contributed by atoms with E-state index in [9.17, 15) is 4.79 Å². The Morgan fingerprint density at radius 3 is 2.05 bits per heavy atom. The van der Waals surface area contributed by atoms with Crippen molar-refractivity contribution in [2.45, 2.75) is 20.8 Å². The van der Waals surface area contributed by atoms with Gasteiger partial charge in [-0.2, -0.15) is 0 Å². The zero-order valence-electron chi connectivity index (χ0n) is 12.2. The van der Waals surface area contributed by atoms with E-state index in [4.69, 9.17) is 23.2 Å². The lowest BCUT2D eigenvalue weighted by molar-refractivity contribution is 0.0988. The highest BCUT2D eigenvalue weighted by atomic mass is 35.5. The number of benzene rings is 1. The fourth-order valence-corrected chi connectivity index (χ4v) is 2.75. The second kappa shape index (κ2) is 6.46. The number of amides is 1. The summed E-state index contributed by atoms with van der Waals surface area (Å²) in [6.07, 6.45) is 0. The Labute approximate surface area is 134 Å². The third kappa shape index (κ3) is 3.74. The maximum Gasteiger partial charge on any atom is 0.258 e. The summed E-state index contributed by atoms with van der Waals surface area (Å²) >= 11 is 11.7. The molecule has 0 radical (unpaired) electrons. The molecule has 2 rings (SSSR count). The molecule has 0 saturated carbocycles. The van der Waals surface area contributed by atoms with Gasteiger partial charge in [0.15, 0.2) is 0 Å². The molecule has 0 aliphatic carbocycles. The number of anilines is 1. The van der Waals surface area contributed by atoms with E-state index >= 15 is 0 Å². The van der Waals surface area contributed by atoms with Crippen molar-refractivity contribution in [2.24, 2.45) is 0 Å². The topological polar surface area (TPSA) is 33.2 Å². The predicted octanol–water partition coefficient (Wildman–Crippen LogP) is 4.67. The molecule has 1 amide bonds. The van der Waals surface area contributed by atoms with E-state index in [1.54, 1.807) is 4.90 Å². The molecule has 0 aliphatic heterocycles. The van der Waals surface area contributed by atoms with Crippen molar-refractivity contribution in [3.05, 3.63) is 57.3 Å².